The largest absolute Gasteiger partial charge is 0.508 e. The van der Waals surface area contributed by atoms with E-state index in [0.717, 1.165) is 34.4 Å². The van der Waals surface area contributed by atoms with Crippen molar-refractivity contribution in [2.75, 3.05) is 13.2 Å². The first-order chi connectivity index (χ1) is 32.9. The molecular formula is C44H47ClN8O13S3. The summed E-state index contributed by atoms with van der Waals surface area (Å²) in [6.07, 6.45) is 1.84. The number of ether oxygens (including phenoxy) is 2. The first kappa shape index (κ1) is 54.3. The number of aromatic amines is 8. The van der Waals surface area contributed by atoms with Crippen molar-refractivity contribution in [3.8, 4) is 17.2 Å². The number of alkyl halides is 1. The van der Waals surface area contributed by atoms with Gasteiger partial charge in [-0.3, -0.25) is 39.1 Å². The van der Waals surface area contributed by atoms with Crippen LogP contribution in [0.3, 0.4) is 0 Å². The molecule has 0 bridgehead atoms. The average molecular weight is 1030 g/mol. The summed E-state index contributed by atoms with van der Waals surface area (Å²) < 4.78 is 35.4. The Bertz CT molecular complexity index is 3220. The maximum Gasteiger partial charge on any atom is 0.325 e. The van der Waals surface area contributed by atoms with Gasteiger partial charge in [-0.1, -0.05) is 13.8 Å². The molecule has 4 aromatic heterocycles. The Kier molecular flexibility index (Phi) is 21.7. The molecule has 0 saturated heterocycles. The topological polar surface area (TPSA) is 336 Å². The second-order valence-corrected chi connectivity index (χ2v) is 18.4. The van der Waals surface area contributed by atoms with Gasteiger partial charge in [0.25, 0.3) is 22.2 Å². The molecule has 0 aliphatic heterocycles. The van der Waals surface area contributed by atoms with Crippen LogP contribution >= 0.6 is 35.1 Å². The molecule has 25 heteroatoms. The molecule has 0 aliphatic rings. The Balaban J connectivity index is 0.000000206. The third kappa shape index (κ3) is 20.2. The van der Waals surface area contributed by atoms with Gasteiger partial charge < -0.3 is 34.5 Å². The molecule has 366 valence electrons. The minimum absolute atomic E-state index is 0.0417. The number of phenols is 1. The van der Waals surface area contributed by atoms with Gasteiger partial charge in [0, 0.05) is 68.3 Å². The van der Waals surface area contributed by atoms with Gasteiger partial charge in [0.15, 0.2) is 9.84 Å². The number of H-pyrrole nitrogens is 8. The van der Waals surface area contributed by atoms with Crippen LogP contribution in [0.5, 0.6) is 17.2 Å². The lowest BCUT2D eigenvalue weighted by atomic mass is 10.3. The van der Waals surface area contributed by atoms with E-state index >= 15 is 0 Å². The van der Waals surface area contributed by atoms with Crippen LogP contribution in [-0.4, -0.2) is 66.6 Å². The summed E-state index contributed by atoms with van der Waals surface area (Å²) in [4.78, 5) is 108. The number of aromatic nitrogens is 8. The minimum Gasteiger partial charge on any atom is -0.508 e. The van der Waals surface area contributed by atoms with E-state index in [2.05, 4.69) is 36.8 Å². The van der Waals surface area contributed by atoms with Crippen molar-refractivity contribution < 1.29 is 23.0 Å². The summed E-state index contributed by atoms with van der Waals surface area (Å²) in [5.74, 6) is 2.35. The normalized spacial score (nSPS) is 10.6. The van der Waals surface area contributed by atoms with Crippen LogP contribution in [0.4, 0.5) is 0 Å². The Morgan fingerprint density at radius 3 is 1.23 bits per heavy atom. The second kappa shape index (κ2) is 27.5. The van der Waals surface area contributed by atoms with Crippen molar-refractivity contribution in [2.45, 2.75) is 64.5 Å². The fraction of sp³-hybridized carbons (Fsp3) is 0.227. The number of rotatable bonds is 16. The summed E-state index contributed by atoms with van der Waals surface area (Å²) in [5.41, 5.74) is -2.46. The number of benzene rings is 3. The van der Waals surface area contributed by atoms with Crippen molar-refractivity contribution in [3.05, 3.63) is 203 Å². The van der Waals surface area contributed by atoms with Crippen molar-refractivity contribution in [2.24, 2.45) is 0 Å². The van der Waals surface area contributed by atoms with Crippen LogP contribution in [0.25, 0.3) is 0 Å². The van der Waals surface area contributed by atoms with Crippen molar-refractivity contribution >= 4 is 45.0 Å². The summed E-state index contributed by atoms with van der Waals surface area (Å²) in [5, 5.41) is 9.11. The third-order valence-corrected chi connectivity index (χ3v) is 12.4. The zero-order valence-electron chi connectivity index (χ0n) is 36.8. The number of hydrogen-bond donors (Lipinski definition) is 9. The van der Waals surface area contributed by atoms with Crippen LogP contribution in [0, 0.1) is 0 Å². The zero-order valence-corrected chi connectivity index (χ0v) is 40.0. The number of phenolic OH excluding ortho intramolecular Hbond substituents is 1. The molecule has 0 radical (unpaired) electrons. The molecule has 0 fully saturated rings. The molecule has 4 heterocycles. The lowest BCUT2D eigenvalue weighted by Gasteiger charge is -2.07. The zero-order chi connectivity index (χ0) is 50.3. The predicted octanol–water partition coefficient (Wildman–Crippen LogP) is 3.83. The fourth-order valence-corrected chi connectivity index (χ4v) is 8.39. The molecule has 21 nitrogen and oxygen atoms in total. The maximum atomic E-state index is 12.3. The number of halogens is 1. The molecule has 0 spiro atoms. The van der Waals surface area contributed by atoms with E-state index in [1.807, 2.05) is 41.2 Å². The van der Waals surface area contributed by atoms with E-state index < -0.39 is 55.0 Å². The summed E-state index contributed by atoms with van der Waals surface area (Å²) in [6.45, 7) is 5.30. The van der Waals surface area contributed by atoms with Gasteiger partial charge in [0.05, 0.1) is 29.7 Å². The number of hydrogen-bond acceptors (Lipinski definition) is 15. The molecule has 9 N–H and O–H groups in total. The third-order valence-electron chi connectivity index (χ3n) is 8.33. The first-order valence-corrected chi connectivity index (χ1v) is 24.7. The molecule has 0 aliphatic carbocycles. The molecule has 69 heavy (non-hydrogen) atoms. The second-order valence-electron chi connectivity index (χ2n) is 14.1. The van der Waals surface area contributed by atoms with E-state index in [1.165, 1.54) is 42.1 Å². The first-order valence-electron chi connectivity index (χ1n) is 20.5. The predicted molar refractivity (Wildman–Crippen MR) is 263 cm³/mol. The van der Waals surface area contributed by atoms with Crippen molar-refractivity contribution in [1.29, 1.82) is 0 Å². The van der Waals surface area contributed by atoms with Gasteiger partial charge in [-0.25, -0.2) is 27.6 Å². The number of sulfone groups is 1. The molecule has 7 rings (SSSR count). The van der Waals surface area contributed by atoms with E-state index in [1.54, 1.807) is 48.2 Å². The van der Waals surface area contributed by atoms with Crippen molar-refractivity contribution in [1.82, 2.24) is 39.9 Å². The average Bonchev–Trinajstić information content (AvgIpc) is 3.29. The van der Waals surface area contributed by atoms with E-state index in [0.29, 0.717) is 47.6 Å². The highest BCUT2D eigenvalue weighted by Crippen LogP contribution is 2.25. The van der Waals surface area contributed by atoms with Gasteiger partial charge in [0.1, 0.15) is 17.2 Å². The van der Waals surface area contributed by atoms with E-state index in [9.17, 15) is 46.8 Å². The standard InChI is InChI=1S/C14H16N2O5S.C14H16N2O3S.C11H10N2O3S.C5H5ClN2O2/c1-2-7-21-11-3-5-12(6-4-11)22(19,20)9-10-8-13(17)16-14(18)15-10;1-2-7-19-11-3-5-12(6-4-11)20-9-10-8-13(17)16-14(18)15-10;14-8-1-3-9(4-2-8)17-6-7-5-10(15)13-11(16)12-7;6-2-3-1-4(9)8-5(10)7-3/h3-6,8H,2,7,9H2,1H3,(H2,15,16,17,18);3-6,8H,2,7,9H2,1H3,(H2,15,16,17,18);1-5,14H,6H2,(H2,12,13,15,16);1H,2H2,(H2,7,8,9,10). The van der Waals surface area contributed by atoms with Gasteiger partial charge in [-0.05, 0) is 85.6 Å². The van der Waals surface area contributed by atoms with E-state index in [-0.39, 0.29) is 27.8 Å². The SMILES string of the molecule is CCCOc1ccc(S(=O)(=O)Cc2cc(=O)[nH]c(=O)[nH]2)cc1.CCCOc1ccc(SCc2cc(=O)[nH]c(=O)[nH]2)cc1.O=c1cc(CCl)[nH]c(=O)[nH]1.O=c1cc(CSc2ccc(O)cc2)[nH]c(=O)[nH]1. The summed E-state index contributed by atoms with van der Waals surface area (Å²) in [6, 6.07) is 25.5. The Morgan fingerprint density at radius 1 is 0.493 bits per heavy atom. The van der Waals surface area contributed by atoms with Gasteiger partial charge in [0.2, 0.25) is 0 Å². The highest BCUT2D eigenvalue weighted by Gasteiger charge is 2.16. The van der Waals surface area contributed by atoms with Gasteiger partial charge in [-0.15, -0.1) is 35.1 Å². The summed E-state index contributed by atoms with van der Waals surface area (Å²) in [7, 11) is -3.66. The molecule has 7 aromatic rings. The van der Waals surface area contributed by atoms with Crippen LogP contribution in [-0.2, 0) is 33.0 Å². The van der Waals surface area contributed by atoms with Crippen LogP contribution in [0.1, 0.15) is 49.5 Å². The Labute approximate surface area is 404 Å². The maximum absolute atomic E-state index is 12.3. The van der Waals surface area contributed by atoms with Gasteiger partial charge in [-0.2, -0.15) is 0 Å². The highest BCUT2D eigenvalue weighted by molar-refractivity contribution is 7.98. The Hall–Kier alpha value is -7.28. The lowest BCUT2D eigenvalue weighted by Crippen LogP contribution is -2.24. The fourth-order valence-electron chi connectivity index (χ4n) is 5.35. The minimum atomic E-state index is -3.66. The monoisotopic (exact) mass is 1030 g/mol. The van der Waals surface area contributed by atoms with E-state index in [4.69, 9.17) is 26.2 Å². The lowest BCUT2D eigenvalue weighted by molar-refractivity contribution is 0.317. The smallest absolute Gasteiger partial charge is 0.325 e. The molecule has 3 aromatic carbocycles. The van der Waals surface area contributed by atoms with Crippen LogP contribution in [0.15, 0.2) is 150 Å². The molecular weight excluding hydrogens is 980 g/mol. The van der Waals surface area contributed by atoms with Crippen LogP contribution in [0.2, 0.25) is 0 Å². The molecule has 0 atom stereocenters. The van der Waals surface area contributed by atoms with Crippen LogP contribution < -0.4 is 54.5 Å². The number of nitrogens with one attached hydrogen (secondary N) is 8. The van der Waals surface area contributed by atoms with Gasteiger partial charge >= 0.3 is 22.8 Å². The number of thioether (sulfide) groups is 2. The van der Waals surface area contributed by atoms with Crippen molar-refractivity contribution in [3.63, 3.8) is 0 Å². The quantitative estimate of drug-likeness (QED) is 0.0491. The Morgan fingerprint density at radius 2 is 0.841 bits per heavy atom. The molecule has 0 unspecified atom stereocenters. The number of aromatic hydroxyl groups is 1. The summed E-state index contributed by atoms with van der Waals surface area (Å²) >= 11 is 8.36. The molecule has 0 amide bonds. The molecule has 0 saturated carbocycles. The highest BCUT2D eigenvalue weighted by atomic mass is 35.5.